The lowest BCUT2D eigenvalue weighted by Crippen LogP contribution is -2.27. The predicted octanol–water partition coefficient (Wildman–Crippen LogP) is -1.75. The molecule has 0 fully saturated rings. The number of sulfonamides is 1. The van der Waals surface area contributed by atoms with Gasteiger partial charge >= 0.3 is 5.97 Å². The first kappa shape index (κ1) is 15.6. The SMILES string of the molecule is O=C(O)Cn1cc(S(=O)(=O)NCCOCCO)cn1. The number of ether oxygens (including phenoxy) is 1. The molecular formula is C9H15N3O6S. The number of aliphatic hydroxyl groups is 1. The highest BCUT2D eigenvalue weighted by molar-refractivity contribution is 7.89. The van der Waals surface area contributed by atoms with E-state index in [1.54, 1.807) is 0 Å². The molecule has 0 radical (unpaired) electrons. The van der Waals surface area contributed by atoms with E-state index in [-0.39, 0.29) is 31.3 Å². The molecule has 0 amide bonds. The smallest absolute Gasteiger partial charge is 0.325 e. The van der Waals surface area contributed by atoms with Crippen LogP contribution < -0.4 is 4.72 Å². The van der Waals surface area contributed by atoms with E-state index in [2.05, 4.69) is 9.82 Å². The monoisotopic (exact) mass is 293 g/mol. The molecule has 0 unspecified atom stereocenters. The van der Waals surface area contributed by atoms with Gasteiger partial charge in [0.2, 0.25) is 10.0 Å². The lowest BCUT2D eigenvalue weighted by atomic mass is 10.6. The number of carbonyl (C=O) groups is 1. The molecule has 1 aromatic rings. The van der Waals surface area contributed by atoms with E-state index in [9.17, 15) is 13.2 Å². The molecule has 10 heteroatoms. The summed E-state index contributed by atoms with van der Waals surface area (Å²) in [6.45, 7) is -0.225. The van der Waals surface area contributed by atoms with Gasteiger partial charge in [-0.2, -0.15) is 5.10 Å². The summed E-state index contributed by atoms with van der Waals surface area (Å²) in [5, 5.41) is 20.6. The first-order valence-electron chi connectivity index (χ1n) is 5.38. The summed E-state index contributed by atoms with van der Waals surface area (Å²) >= 11 is 0. The van der Waals surface area contributed by atoms with Crippen LogP contribution in [0.4, 0.5) is 0 Å². The standard InChI is InChI=1S/C9H15N3O6S/c13-2-4-18-3-1-11-19(16,17)8-5-10-12(6-8)7-9(14)15/h5-6,11,13H,1-4,7H2,(H,14,15). The van der Waals surface area contributed by atoms with Crippen molar-refractivity contribution in [3.05, 3.63) is 12.4 Å². The molecule has 0 atom stereocenters. The summed E-state index contributed by atoms with van der Waals surface area (Å²) < 4.78 is 31.7. The molecule has 0 saturated carbocycles. The van der Waals surface area contributed by atoms with Crippen molar-refractivity contribution in [3.8, 4) is 0 Å². The zero-order valence-corrected chi connectivity index (χ0v) is 10.8. The quantitative estimate of drug-likeness (QED) is 0.460. The first-order chi connectivity index (χ1) is 8.95. The van der Waals surface area contributed by atoms with Crippen LogP contribution in [0.3, 0.4) is 0 Å². The van der Waals surface area contributed by atoms with Crippen LogP contribution in [0.2, 0.25) is 0 Å². The lowest BCUT2D eigenvalue weighted by molar-refractivity contribution is -0.137. The van der Waals surface area contributed by atoms with E-state index in [4.69, 9.17) is 14.9 Å². The maximum absolute atomic E-state index is 11.7. The van der Waals surface area contributed by atoms with Gasteiger partial charge in [-0.25, -0.2) is 13.1 Å². The van der Waals surface area contributed by atoms with Gasteiger partial charge in [-0.3, -0.25) is 9.48 Å². The van der Waals surface area contributed by atoms with Crippen molar-refractivity contribution >= 4 is 16.0 Å². The van der Waals surface area contributed by atoms with Crippen molar-refractivity contribution < 1.29 is 28.2 Å². The van der Waals surface area contributed by atoms with Crippen LogP contribution in [0.1, 0.15) is 0 Å². The summed E-state index contributed by atoms with van der Waals surface area (Å²) in [7, 11) is -3.73. The van der Waals surface area contributed by atoms with Crippen LogP contribution in [0, 0.1) is 0 Å². The average Bonchev–Trinajstić information content (AvgIpc) is 2.77. The summed E-state index contributed by atoms with van der Waals surface area (Å²) in [6, 6.07) is 0. The minimum atomic E-state index is -3.73. The molecule has 19 heavy (non-hydrogen) atoms. The van der Waals surface area contributed by atoms with E-state index in [0.717, 1.165) is 17.1 Å². The Morgan fingerprint density at radius 2 is 2.21 bits per heavy atom. The first-order valence-corrected chi connectivity index (χ1v) is 6.86. The topological polar surface area (TPSA) is 131 Å². The lowest BCUT2D eigenvalue weighted by Gasteiger charge is -2.04. The van der Waals surface area contributed by atoms with Crippen molar-refractivity contribution in [2.24, 2.45) is 0 Å². The number of aliphatic hydroxyl groups excluding tert-OH is 1. The van der Waals surface area contributed by atoms with E-state index in [1.807, 2.05) is 0 Å². The Kier molecular flexibility index (Phi) is 5.89. The third-order valence-electron chi connectivity index (χ3n) is 1.99. The van der Waals surface area contributed by atoms with Crippen molar-refractivity contribution in [3.63, 3.8) is 0 Å². The summed E-state index contributed by atoms with van der Waals surface area (Å²) in [6.07, 6.45) is 2.20. The van der Waals surface area contributed by atoms with Crippen molar-refractivity contribution in [2.75, 3.05) is 26.4 Å². The molecule has 3 N–H and O–H groups in total. The van der Waals surface area contributed by atoms with Gasteiger partial charge in [0.25, 0.3) is 0 Å². The third kappa shape index (κ3) is 5.34. The van der Waals surface area contributed by atoms with E-state index < -0.39 is 22.5 Å². The Labute approximate surface area is 109 Å². The molecule has 1 heterocycles. The van der Waals surface area contributed by atoms with E-state index in [0.29, 0.717) is 0 Å². The Bertz CT molecular complexity index is 512. The van der Waals surface area contributed by atoms with Crippen LogP contribution in [-0.2, 0) is 26.1 Å². The van der Waals surface area contributed by atoms with Gasteiger partial charge < -0.3 is 14.9 Å². The molecule has 0 bridgehead atoms. The molecule has 0 aliphatic carbocycles. The molecule has 0 saturated heterocycles. The fraction of sp³-hybridized carbons (Fsp3) is 0.556. The molecule has 108 valence electrons. The number of hydrogen-bond acceptors (Lipinski definition) is 6. The molecule has 0 aromatic carbocycles. The Balaban J connectivity index is 2.52. The van der Waals surface area contributed by atoms with Crippen LogP contribution in [-0.4, -0.2) is 60.7 Å². The van der Waals surface area contributed by atoms with Crippen molar-refractivity contribution in [2.45, 2.75) is 11.4 Å². The zero-order chi connectivity index (χ0) is 14.3. The number of aromatic nitrogens is 2. The Hall–Kier alpha value is -1.49. The van der Waals surface area contributed by atoms with E-state index >= 15 is 0 Å². The normalized spacial score (nSPS) is 11.6. The second kappa shape index (κ2) is 7.19. The van der Waals surface area contributed by atoms with Gasteiger partial charge in [-0.05, 0) is 0 Å². The summed E-state index contributed by atoms with van der Waals surface area (Å²) in [5.41, 5.74) is 0. The highest BCUT2D eigenvalue weighted by Crippen LogP contribution is 2.06. The van der Waals surface area contributed by atoms with Crippen molar-refractivity contribution in [1.29, 1.82) is 0 Å². The second-order valence-electron chi connectivity index (χ2n) is 3.50. The van der Waals surface area contributed by atoms with Gasteiger partial charge in [0.15, 0.2) is 0 Å². The van der Waals surface area contributed by atoms with Gasteiger partial charge in [0.1, 0.15) is 11.4 Å². The maximum Gasteiger partial charge on any atom is 0.325 e. The third-order valence-corrected chi connectivity index (χ3v) is 3.41. The highest BCUT2D eigenvalue weighted by atomic mass is 32.2. The Morgan fingerprint density at radius 1 is 1.47 bits per heavy atom. The molecule has 0 spiro atoms. The fourth-order valence-electron chi connectivity index (χ4n) is 1.21. The van der Waals surface area contributed by atoms with Gasteiger partial charge in [0.05, 0.1) is 26.0 Å². The second-order valence-corrected chi connectivity index (χ2v) is 5.27. The number of aliphatic carboxylic acids is 1. The zero-order valence-electron chi connectivity index (χ0n) is 10.0. The minimum absolute atomic E-state index is 0.0481. The Morgan fingerprint density at radius 3 is 2.84 bits per heavy atom. The van der Waals surface area contributed by atoms with Crippen LogP contribution in [0.15, 0.2) is 17.3 Å². The molecule has 0 aliphatic heterocycles. The van der Waals surface area contributed by atoms with Crippen molar-refractivity contribution in [1.82, 2.24) is 14.5 Å². The highest BCUT2D eigenvalue weighted by Gasteiger charge is 2.16. The number of nitrogens with zero attached hydrogens (tertiary/aromatic N) is 2. The van der Waals surface area contributed by atoms with Gasteiger partial charge in [0, 0.05) is 12.7 Å². The predicted molar refractivity (Wildman–Crippen MR) is 63.0 cm³/mol. The minimum Gasteiger partial charge on any atom is -0.480 e. The van der Waals surface area contributed by atoms with Crippen LogP contribution >= 0.6 is 0 Å². The molecule has 1 aromatic heterocycles. The van der Waals surface area contributed by atoms with Crippen LogP contribution in [0.5, 0.6) is 0 Å². The van der Waals surface area contributed by atoms with E-state index in [1.165, 1.54) is 0 Å². The maximum atomic E-state index is 11.7. The van der Waals surface area contributed by atoms with Gasteiger partial charge in [-0.1, -0.05) is 0 Å². The van der Waals surface area contributed by atoms with Gasteiger partial charge in [-0.15, -0.1) is 0 Å². The van der Waals surface area contributed by atoms with Crippen LogP contribution in [0.25, 0.3) is 0 Å². The molecular weight excluding hydrogens is 278 g/mol. The summed E-state index contributed by atoms with van der Waals surface area (Å²) in [4.78, 5) is 10.3. The number of carboxylic acids is 1. The average molecular weight is 293 g/mol. The number of nitrogens with one attached hydrogen (secondary N) is 1. The number of carboxylic acid groups (broad SMARTS) is 1. The fourth-order valence-corrected chi connectivity index (χ4v) is 2.17. The largest absolute Gasteiger partial charge is 0.480 e. The molecule has 0 aliphatic rings. The summed E-state index contributed by atoms with van der Waals surface area (Å²) in [5.74, 6) is -1.11. The number of hydrogen-bond donors (Lipinski definition) is 3. The molecule has 1 rings (SSSR count). The number of rotatable bonds is 9. The molecule has 9 nitrogen and oxygen atoms in total.